The number of nitrogens with two attached hydrogens (primary N) is 1. The van der Waals surface area contributed by atoms with Gasteiger partial charge in [-0.1, -0.05) is 60.7 Å². The average molecular weight is 263 g/mol. The summed E-state index contributed by atoms with van der Waals surface area (Å²) in [6.07, 6.45) is 0. The first-order valence-electron chi connectivity index (χ1n) is 6.76. The Morgan fingerprint density at radius 2 is 1.50 bits per heavy atom. The topological polar surface area (TPSA) is 35.2 Å². The van der Waals surface area contributed by atoms with Crippen LogP contribution in [0.4, 0.5) is 0 Å². The lowest BCUT2D eigenvalue weighted by atomic mass is 10.00. The van der Waals surface area contributed by atoms with E-state index in [1.54, 1.807) is 0 Å². The molecule has 1 atom stereocenters. The van der Waals surface area contributed by atoms with Crippen molar-refractivity contribution in [1.29, 1.82) is 0 Å². The predicted molar refractivity (Wildman–Crippen MR) is 82.8 cm³/mol. The van der Waals surface area contributed by atoms with Crippen molar-refractivity contribution in [2.24, 2.45) is 5.73 Å². The third-order valence-corrected chi connectivity index (χ3v) is 3.40. The Bertz CT molecular complexity index is 689. The van der Waals surface area contributed by atoms with Crippen molar-refractivity contribution in [3.63, 3.8) is 0 Å². The van der Waals surface area contributed by atoms with E-state index in [2.05, 4.69) is 24.3 Å². The van der Waals surface area contributed by atoms with Gasteiger partial charge >= 0.3 is 0 Å². The molecule has 0 aliphatic heterocycles. The summed E-state index contributed by atoms with van der Waals surface area (Å²) in [5, 5.41) is 2.40. The summed E-state index contributed by atoms with van der Waals surface area (Å²) >= 11 is 0. The lowest BCUT2D eigenvalue weighted by molar-refractivity contribution is 0.291. The maximum absolute atomic E-state index is 6.28. The van der Waals surface area contributed by atoms with Crippen molar-refractivity contribution in [2.75, 3.05) is 6.61 Å². The van der Waals surface area contributed by atoms with E-state index in [1.165, 1.54) is 10.8 Å². The number of hydrogen-bond donors (Lipinski definition) is 1. The second kappa shape index (κ2) is 5.76. The summed E-state index contributed by atoms with van der Waals surface area (Å²) in [6.45, 7) is 0.470. The van der Waals surface area contributed by atoms with Gasteiger partial charge in [0, 0.05) is 0 Å². The van der Waals surface area contributed by atoms with Crippen molar-refractivity contribution in [3.8, 4) is 5.75 Å². The molecule has 0 spiro atoms. The van der Waals surface area contributed by atoms with E-state index in [-0.39, 0.29) is 6.04 Å². The van der Waals surface area contributed by atoms with Gasteiger partial charge in [0.15, 0.2) is 0 Å². The van der Waals surface area contributed by atoms with Crippen LogP contribution < -0.4 is 10.5 Å². The fraction of sp³-hybridized carbons (Fsp3) is 0.111. The van der Waals surface area contributed by atoms with Crippen LogP contribution in [0.2, 0.25) is 0 Å². The van der Waals surface area contributed by atoms with Crippen molar-refractivity contribution in [3.05, 3.63) is 78.4 Å². The normalized spacial score (nSPS) is 12.2. The predicted octanol–water partition coefficient (Wildman–Crippen LogP) is 3.92. The zero-order chi connectivity index (χ0) is 13.8. The minimum absolute atomic E-state index is 0.138. The molecule has 3 aromatic rings. The molecular weight excluding hydrogens is 246 g/mol. The molecule has 0 aliphatic carbocycles. The van der Waals surface area contributed by atoms with E-state index < -0.39 is 0 Å². The molecule has 2 N–H and O–H groups in total. The highest BCUT2D eigenvalue weighted by Crippen LogP contribution is 2.23. The smallest absolute Gasteiger partial charge is 0.119 e. The molecule has 2 heteroatoms. The number of ether oxygens (including phenoxy) is 1. The molecule has 0 amide bonds. The second-order valence-electron chi connectivity index (χ2n) is 4.80. The number of rotatable bonds is 4. The third kappa shape index (κ3) is 2.65. The highest BCUT2D eigenvalue weighted by atomic mass is 16.5. The molecule has 0 aromatic heterocycles. The molecule has 100 valence electrons. The van der Waals surface area contributed by atoms with Crippen LogP contribution in [0.1, 0.15) is 11.6 Å². The molecule has 0 radical (unpaired) electrons. The van der Waals surface area contributed by atoms with E-state index in [1.807, 2.05) is 48.5 Å². The van der Waals surface area contributed by atoms with Crippen LogP contribution in [-0.2, 0) is 0 Å². The standard InChI is InChI=1S/C18H17NO/c19-18(13-20-15-9-2-1-3-10-15)17-12-6-8-14-7-4-5-11-16(14)17/h1-12,18H,13,19H2. The Morgan fingerprint density at radius 1 is 0.800 bits per heavy atom. The summed E-state index contributed by atoms with van der Waals surface area (Å²) < 4.78 is 5.75. The van der Waals surface area contributed by atoms with Gasteiger partial charge in [-0.3, -0.25) is 0 Å². The third-order valence-electron chi connectivity index (χ3n) is 3.40. The molecule has 0 bridgehead atoms. The minimum atomic E-state index is -0.138. The van der Waals surface area contributed by atoms with Crippen LogP contribution in [0.25, 0.3) is 10.8 Å². The van der Waals surface area contributed by atoms with Gasteiger partial charge in [-0.15, -0.1) is 0 Å². The van der Waals surface area contributed by atoms with Gasteiger partial charge in [0.1, 0.15) is 12.4 Å². The van der Waals surface area contributed by atoms with E-state index in [9.17, 15) is 0 Å². The monoisotopic (exact) mass is 263 g/mol. The van der Waals surface area contributed by atoms with Crippen LogP contribution in [-0.4, -0.2) is 6.61 Å². The zero-order valence-corrected chi connectivity index (χ0v) is 11.2. The Hall–Kier alpha value is -2.32. The number of benzene rings is 3. The fourth-order valence-corrected chi connectivity index (χ4v) is 2.37. The van der Waals surface area contributed by atoms with Gasteiger partial charge < -0.3 is 10.5 Å². The van der Waals surface area contributed by atoms with Gasteiger partial charge in [-0.05, 0) is 28.5 Å². The van der Waals surface area contributed by atoms with Crippen molar-refractivity contribution < 1.29 is 4.74 Å². The molecule has 3 rings (SSSR count). The molecule has 2 nitrogen and oxygen atoms in total. The molecule has 0 aliphatic rings. The van der Waals surface area contributed by atoms with Crippen molar-refractivity contribution >= 4 is 10.8 Å². The largest absolute Gasteiger partial charge is 0.492 e. The lowest BCUT2D eigenvalue weighted by Crippen LogP contribution is -2.19. The maximum Gasteiger partial charge on any atom is 0.119 e. The van der Waals surface area contributed by atoms with Gasteiger partial charge in [0.25, 0.3) is 0 Å². The van der Waals surface area contributed by atoms with Crippen LogP contribution in [0.3, 0.4) is 0 Å². The Kier molecular flexibility index (Phi) is 3.66. The molecule has 0 fully saturated rings. The van der Waals surface area contributed by atoms with Crippen LogP contribution in [0, 0.1) is 0 Å². The summed E-state index contributed by atoms with van der Waals surface area (Å²) in [6, 6.07) is 24.1. The fourth-order valence-electron chi connectivity index (χ4n) is 2.37. The molecule has 3 aromatic carbocycles. The summed E-state index contributed by atoms with van der Waals surface area (Å²) in [5.74, 6) is 0.850. The second-order valence-corrected chi connectivity index (χ2v) is 4.80. The molecule has 1 unspecified atom stereocenters. The van der Waals surface area contributed by atoms with Crippen molar-refractivity contribution in [2.45, 2.75) is 6.04 Å². The van der Waals surface area contributed by atoms with Gasteiger partial charge in [0.05, 0.1) is 6.04 Å². The Balaban J connectivity index is 1.80. The van der Waals surface area contributed by atoms with E-state index >= 15 is 0 Å². The van der Waals surface area contributed by atoms with Gasteiger partial charge in [-0.2, -0.15) is 0 Å². The maximum atomic E-state index is 6.28. The summed E-state index contributed by atoms with van der Waals surface area (Å²) in [7, 11) is 0. The quantitative estimate of drug-likeness (QED) is 0.774. The van der Waals surface area contributed by atoms with E-state index in [0.717, 1.165) is 11.3 Å². The van der Waals surface area contributed by atoms with Crippen LogP contribution >= 0.6 is 0 Å². The number of fused-ring (bicyclic) bond motifs is 1. The first-order valence-corrected chi connectivity index (χ1v) is 6.76. The molecule has 20 heavy (non-hydrogen) atoms. The molecule has 0 saturated carbocycles. The Labute approximate surface area is 118 Å². The lowest BCUT2D eigenvalue weighted by Gasteiger charge is -2.15. The molecular formula is C18H17NO. The van der Waals surface area contributed by atoms with E-state index in [4.69, 9.17) is 10.5 Å². The van der Waals surface area contributed by atoms with E-state index in [0.29, 0.717) is 6.61 Å². The molecule has 0 saturated heterocycles. The average Bonchev–Trinajstić information content (AvgIpc) is 2.53. The molecule has 0 heterocycles. The van der Waals surface area contributed by atoms with Crippen LogP contribution in [0.15, 0.2) is 72.8 Å². The van der Waals surface area contributed by atoms with Gasteiger partial charge in [-0.25, -0.2) is 0 Å². The highest BCUT2D eigenvalue weighted by Gasteiger charge is 2.10. The summed E-state index contributed by atoms with van der Waals surface area (Å²) in [4.78, 5) is 0. The number of hydrogen-bond acceptors (Lipinski definition) is 2. The zero-order valence-electron chi connectivity index (χ0n) is 11.2. The Morgan fingerprint density at radius 3 is 2.35 bits per heavy atom. The summed E-state index contributed by atoms with van der Waals surface area (Å²) in [5.41, 5.74) is 7.41. The number of para-hydroxylation sites is 1. The minimum Gasteiger partial charge on any atom is -0.492 e. The first kappa shape index (κ1) is 12.7. The van der Waals surface area contributed by atoms with Crippen LogP contribution in [0.5, 0.6) is 5.75 Å². The SMILES string of the molecule is NC(COc1ccccc1)c1cccc2ccccc12. The highest BCUT2D eigenvalue weighted by molar-refractivity contribution is 5.86. The first-order chi connectivity index (χ1) is 9.84. The van der Waals surface area contributed by atoms with Gasteiger partial charge in [0.2, 0.25) is 0 Å². The van der Waals surface area contributed by atoms with Crippen molar-refractivity contribution in [1.82, 2.24) is 0 Å².